The van der Waals surface area contributed by atoms with E-state index in [4.69, 9.17) is 5.11 Å². The van der Waals surface area contributed by atoms with Crippen LogP contribution in [-0.4, -0.2) is 38.4 Å². The molecule has 1 aromatic carbocycles. The molecular formula is C15H17N3O3. The summed E-state index contributed by atoms with van der Waals surface area (Å²) in [5.41, 5.74) is 4.16. The van der Waals surface area contributed by atoms with E-state index < -0.39 is 11.9 Å². The van der Waals surface area contributed by atoms with Crippen LogP contribution in [0.15, 0.2) is 12.1 Å². The van der Waals surface area contributed by atoms with Gasteiger partial charge < -0.3 is 15.0 Å². The monoisotopic (exact) mass is 287 g/mol. The van der Waals surface area contributed by atoms with Gasteiger partial charge in [-0.3, -0.25) is 9.59 Å². The summed E-state index contributed by atoms with van der Waals surface area (Å²) in [6, 6.07) is 4.05. The second-order valence-corrected chi connectivity index (χ2v) is 5.65. The van der Waals surface area contributed by atoms with Gasteiger partial charge in [0, 0.05) is 13.0 Å². The van der Waals surface area contributed by atoms with Gasteiger partial charge in [0.25, 0.3) is 0 Å². The SMILES string of the molecule is Cc1cc2nc(CN3C[C@@H](C(=O)O)CC3=O)[nH]c2cc1C. The van der Waals surface area contributed by atoms with Crippen molar-refractivity contribution < 1.29 is 14.7 Å². The van der Waals surface area contributed by atoms with Crippen molar-refractivity contribution in [1.29, 1.82) is 0 Å². The van der Waals surface area contributed by atoms with Gasteiger partial charge in [-0.15, -0.1) is 0 Å². The summed E-state index contributed by atoms with van der Waals surface area (Å²) in [5.74, 6) is -0.960. The highest BCUT2D eigenvalue weighted by atomic mass is 16.4. The normalized spacial score (nSPS) is 18.7. The molecule has 0 bridgehead atoms. The van der Waals surface area contributed by atoms with Crippen LogP contribution in [-0.2, 0) is 16.1 Å². The Kier molecular flexibility index (Phi) is 3.16. The molecule has 1 atom stereocenters. The smallest absolute Gasteiger partial charge is 0.308 e. The summed E-state index contributed by atoms with van der Waals surface area (Å²) in [6.07, 6.45) is 0.0772. The number of aromatic nitrogens is 2. The van der Waals surface area contributed by atoms with E-state index in [1.807, 2.05) is 26.0 Å². The van der Waals surface area contributed by atoms with Crippen LogP contribution in [0.5, 0.6) is 0 Å². The van der Waals surface area contributed by atoms with Crippen molar-refractivity contribution in [2.45, 2.75) is 26.8 Å². The van der Waals surface area contributed by atoms with Crippen molar-refractivity contribution in [3.63, 3.8) is 0 Å². The van der Waals surface area contributed by atoms with Crippen LogP contribution in [0.2, 0.25) is 0 Å². The Balaban J connectivity index is 1.82. The number of H-pyrrole nitrogens is 1. The minimum absolute atomic E-state index is 0.0772. The van der Waals surface area contributed by atoms with Crippen LogP contribution in [0.25, 0.3) is 11.0 Å². The molecule has 0 unspecified atom stereocenters. The number of nitrogens with zero attached hydrogens (tertiary/aromatic N) is 2. The minimum atomic E-state index is -0.915. The number of aryl methyl sites for hydroxylation is 2. The zero-order chi connectivity index (χ0) is 15.1. The van der Waals surface area contributed by atoms with E-state index >= 15 is 0 Å². The number of aromatic amines is 1. The van der Waals surface area contributed by atoms with Crippen LogP contribution in [0.3, 0.4) is 0 Å². The van der Waals surface area contributed by atoms with E-state index in [0.29, 0.717) is 12.4 Å². The van der Waals surface area contributed by atoms with Gasteiger partial charge in [0.05, 0.1) is 23.5 Å². The van der Waals surface area contributed by atoms with Gasteiger partial charge >= 0.3 is 5.97 Å². The number of carbonyl (C=O) groups excluding carboxylic acids is 1. The number of nitrogens with one attached hydrogen (secondary N) is 1. The minimum Gasteiger partial charge on any atom is -0.481 e. The van der Waals surface area contributed by atoms with Crippen LogP contribution < -0.4 is 0 Å². The van der Waals surface area contributed by atoms with Gasteiger partial charge in [0.15, 0.2) is 0 Å². The molecule has 3 rings (SSSR count). The molecular weight excluding hydrogens is 270 g/mol. The fourth-order valence-electron chi connectivity index (χ4n) is 2.67. The number of carbonyl (C=O) groups is 2. The summed E-state index contributed by atoms with van der Waals surface area (Å²) in [7, 11) is 0. The van der Waals surface area contributed by atoms with Gasteiger partial charge in [-0.2, -0.15) is 0 Å². The number of carboxylic acids is 1. The lowest BCUT2D eigenvalue weighted by molar-refractivity contribution is -0.141. The first-order chi connectivity index (χ1) is 9.94. The van der Waals surface area contributed by atoms with E-state index in [1.54, 1.807) is 4.90 Å². The summed E-state index contributed by atoms with van der Waals surface area (Å²) in [4.78, 5) is 32.0. The zero-order valence-electron chi connectivity index (χ0n) is 12.0. The quantitative estimate of drug-likeness (QED) is 0.898. The average Bonchev–Trinajstić information content (AvgIpc) is 2.95. The Bertz CT molecular complexity index is 696. The van der Waals surface area contributed by atoms with Gasteiger partial charge in [0.2, 0.25) is 5.91 Å². The van der Waals surface area contributed by atoms with Gasteiger partial charge in [-0.25, -0.2) is 4.98 Å². The first-order valence-electron chi connectivity index (χ1n) is 6.90. The summed E-state index contributed by atoms with van der Waals surface area (Å²) in [6.45, 7) is 4.65. The van der Waals surface area contributed by atoms with E-state index in [1.165, 1.54) is 11.1 Å². The second kappa shape index (κ2) is 4.87. The molecule has 2 N–H and O–H groups in total. The van der Waals surface area contributed by atoms with E-state index in [9.17, 15) is 9.59 Å². The molecule has 0 radical (unpaired) electrons. The van der Waals surface area contributed by atoms with E-state index in [2.05, 4.69) is 9.97 Å². The fourth-order valence-corrected chi connectivity index (χ4v) is 2.67. The zero-order valence-corrected chi connectivity index (χ0v) is 12.0. The lowest BCUT2D eigenvalue weighted by atomic mass is 10.1. The maximum atomic E-state index is 11.8. The Morgan fingerprint density at radius 3 is 2.81 bits per heavy atom. The molecule has 110 valence electrons. The largest absolute Gasteiger partial charge is 0.481 e. The molecule has 6 nitrogen and oxygen atoms in total. The standard InChI is InChI=1S/C15H17N3O3/c1-8-3-11-12(4-9(8)2)17-13(16-11)7-18-6-10(15(20)21)5-14(18)19/h3-4,10H,5-7H2,1-2H3,(H,16,17)(H,20,21)/t10-/m0/s1. The van der Waals surface area contributed by atoms with Gasteiger partial charge in [-0.05, 0) is 37.1 Å². The molecule has 1 saturated heterocycles. The van der Waals surface area contributed by atoms with Gasteiger partial charge in [0.1, 0.15) is 5.82 Å². The number of aliphatic carboxylic acids is 1. The number of amides is 1. The highest BCUT2D eigenvalue weighted by molar-refractivity contribution is 5.86. The molecule has 1 aliphatic heterocycles. The number of rotatable bonds is 3. The summed E-state index contributed by atoms with van der Waals surface area (Å²) >= 11 is 0. The number of likely N-dealkylation sites (tertiary alicyclic amines) is 1. The molecule has 0 spiro atoms. The highest BCUT2D eigenvalue weighted by Gasteiger charge is 2.34. The molecule has 0 saturated carbocycles. The predicted molar refractivity (Wildman–Crippen MR) is 76.7 cm³/mol. The maximum Gasteiger partial charge on any atom is 0.308 e. The molecule has 2 heterocycles. The number of hydrogen-bond acceptors (Lipinski definition) is 3. The maximum absolute atomic E-state index is 11.8. The summed E-state index contributed by atoms with van der Waals surface area (Å²) in [5, 5.41) is 8.99. The molecule has 21 heavy (non-hydrogen) atoms. The number of imidazole rings is 1. The second-order valence-electron chi connectivity index (χ2n) is 5.65. The topological polar surface area (TPSA) is 86.3 Å². The molecule has 0 aliphatic carbocycles. The van der Waals surface area contributed by atoms with Crippen LogP contribution in [0, 0.1) is 19.8 Å². The summed E-state index contributed by atoms with van der Waals surface area (Å²) < 4.78 is 0. The first-order valence-corrected chi connectivity index (χ1v) is 6.90. The number of hydrogen-bond donors (Lipinski definition) is 2. The molecule has 1 aromatic heterocycles. The lowest BCUT2D eigenvalue weighted by Gasteiger charge is -2.13. The third kappa shape index (κ3) is 2.49. The van der Waals surface area contributed by atoms with Crippen LogP contribution in [0.4, 0.5) is 0 Å². The average molecular weight is 287 g/mol. The van der Waals surface area contributed by atoms with Gasteiger partial charge in [-0.1, -0.05) is 0 Å². The fraction of sp³-hybridized carbons (Fsp3) is 0.400. The molecule has 2 aromatic rings. The number of carboxylic acid groups (broad SMARTS) is 1. The molecule has 6 heteroatoms. The Morgan fingerprint density at radius 2 is 2.14 bits per heavy atom. The van der Waals surface area contributed by atoms with Crippen molar-refractivity contribution in [3.8, 4) is 0 Å². The van der Waals surface area contributed by atoms with Crippen molar-refractivity contribution in [3.05, 3.63) is 29.1 Å². The highest BCUT2D eigenvalue weighted by Crippen LogP contribution is 2.22. The molecule has 1 amide bonds. The third-order valence-corrected chi connectivity index (χ3v) is 4.05. The molecule has 1 fully saturated rings. The van der Waals surface area contributed by atoms with Crippen molar-refractivity contribution in [2.75, 3.05) is 6.54 Å². The predicted octanol–water partition coefficient (Wildman–Crippen LogP) is 1.61. The Labute approximate surface area is 121 Å². The lowest BCUT2D eigenvalue weighted by Crippen LogP contribution is -2.26. The van der Waals surface area contributed by atoms with Crippen LogP contribution >= 0.6 is 0 Å². The Morgan fingerprint density at radius 1 is 1.43 bits per heavy atom. The van der Waals surface area contributed by atoms with Crippen LogP contribution in [0.1, 0.15) is 23.4 Å². The van der Waals surface area contributed by atoms with E-state index in [-0.39, 0.29) is 18.9 Å². The van der Waals surface area contributed by atoms with Crippen molar-refractivity contribution in [2.24, 2.45) is 5.92 Å². The van der Waals surface area contributed by atoms with Crippen molar-refractivity contribution >= 4 is 22.9 Å². The number of benzene rings is 1. The van der Waals surface area contributed by atoms with Crippen molar-refractivity contribution in [1.82, 2.24) is 14.9 Å². The third-order valence-electron chi connectivity index (χ3n) is 4.05. The molecule has 1 aliphatic rings. The first kappa shape index (κ1) is 13.6. The Hall–Kier alpha value is -2.37. The van der Waals surface area contributed by atoms with E-state index in [0.717, 1.165) is 11.0 Å². The number of fused-ring (bicyclic) bond motifs is 1.